The van der Waals surface area contributed by atoms with Crippen LogP contribution in [0.4, 0.5) is 5.69 Å². The second kappa shape index (κ2) is 5.86. The van der Waals surface area contributed by atoms with Crippen LogP contribution in [0.5, 0.6) is 0 Å². The number of aliphatic hydroxyl groups is 2. The Morgan fingerprint density at radius 1 is 1.26 bits per heavy atom. The fourth-order valence-corrected chi connectivity index (χ4v) is 2.53. The maximum absolute atomic E-state index is 9.84. The van der Waals surface area contributed by atoms with Crippen molar-refractivity contribution in [2.75, 3.05) is 37.6 Å². The van der Waals surface area contributed by atoms with Gasteiger partial charge in [0.15, 0.2) is 0 Å². The molecule has 0 bridgehead atoms. The molecule has 0 aromatic carbocycles. The number of hydrogen-bond donors (Lipinski definition) is 2. The fraction of sp³-hybridized carbons (Fsp3) is 0.643. The van der Waals surface area contributed by atoms with Crippen LogP contribution in [-0.2, 0) is 6.61 Å². The molecule has 1 fully saturated rings. The van der Waals surface area contributed by atoms with E-state index in [2.05, 4.69) is 14.8 Å². The van der Waals surface area contributed by atoms with Crippen LogP contribution >= 0.6 is 0 Å². The second-order valence-corrected chi connectivity index (χ2v) is 5.74. The molecule has 2 heterocycles. The second-order valence-electron chi connectivity index (χ2n) is 5.74. The van der Waals surface area contributed by atoms with Crippen LogP contribution in [0, 0.1) is 0 Å². The standard InChI is InChI=1S/C14H23N3O2/c1-14(2,19)11-16-5-7-17(8-6-16)13-9-15-4-3-12(13)10-18/h3-4,9,18-19H,5-8,10-11H2,1-2H3. The third kappa shape index (κ3) is 3.89. The number of nitrogens with zero attached hydrogens (tertiary/aromatic N) is 3. The van der Waals surface area contributed by atoms with Gasteiger partial charge in [-0.1, -0.05) is 0 Å². The minimum Gasteiger partial charge on any atom is -0.392 e. The van der Waals surface area contributed by atoms with Gasteiger partial charge >= 0.3 is 0 Å². The van der Waals surface area contributed by atoms with E-state index in [1.807, 2.05) is 26.1 Å². The van der Waals surface area contributed by atoms with Crippen LogP contribution in [0.2, 0.25) is 0 Å². The molecule has 0 amide bonds. The summed E-state index contributed by atoms with van der Waals surface area (Å²) in [5.74, 6) is 0. The Bertz CT molecular complexity index is 409. The molecular formula is C14H23N3O2. The minimum atomic E-state index is -0.646. The van der Waals surface area contributed by atoms with Crippen LogP contribution in [0.25, 0.3) is 0 Å². The van der Waals surface area contributed by atoms with Crippen molar-refractivity contribution >= 4 is 5.69 Å². The molecule has 0 unspecified atom stereocenters. The lowest BCUT2D eigenvalue weighted by Crippen LogP contribution is -2.50. The van der Waals surface area contributed by atoms with Crippen molar-refractivity contribution in [3.63, 3.8) is 0 Å². The first-order valence-electron chi connectivity index (χ1n) is 6.73. The van der Waals surface area contributed by atoms with E-state index >= 15 is 0 Å². The molecule has 1 aromatic rings. The van der Waals surface area contributed by atoms with E-state index in [9.17, 15) is 10.2 Å². The molecule has 0 saturated carbocycles. The van der Waals surface area contributed by atoms with Crippen LogP contribution in [0.1, 0.15) is 19.4 Å². The van der Waals surface area contributed by atoms with Crippen LogP contribution < -0.4 is 4.90 Å². The molecule has 0 aliphatic carbocycles. The first-order valence-corrected chi connectivity index (χ1v) is 6.73. The number of β-amino-alcohol motifs (C(OH)–C–C–N with tert-alkyl or cyclic N) is 1. The summed E-state index contributed by atoms with van der Waals surface area (Å²) in [5.41, 5.74) is 1.30. The van der Waals surface area contributed by atoms with Crippen molar-refractivity contribution in [2.45, 2.75) is 26.1 Å². The molecular weight excluding hydrogens is 242 g/mol. The molecule has 1 saturated heterocycles. The highest BCUT2D eigenvalue weighted by Gasteiger charge is 2.23. The first kappa shape index (κ1) is 14.2. The van der Waals surface area contributed by atoms with E-state index in [4.69, 9.17) is 0 Å². The van der Waals surface area contributed by atoms with E-state index in [-0.39, 0.29) is 6.61 Å². The van der Waals surface area contributed by atoms with E-state index in [1.165, 1.54) is 0 Å². The van der Waals surface area contributed by atoms with Crippen molar-refractivity contribution in [3.8, 4) is 0 Å². The zero-order valence-electron chi connectivity index (χ0n) is 11.7. The molecule has 5 heteroatoms. The predicted octanol–water partition coefficient (Wildman–Crippen LogP) is 0.467. The SMILES string of the molecule is CC(C)(O)CN1CCN(c2cnccc2CO)CC1. The van der Waals surface area contributed by atoms with Crippen molar-refractivity contribution < 1.29 is 10.2 Å². The third-order valence-electron chi connectivity index (χ3n) is 3.38. The van der Waals surface area contributed by atoms with Gasteiger partial charge in [0, 0.05) is 44.5 Å². The summed E-state index contributed by atoms with van der Waals surface area (Å²) in [5, 5.41) is 19.2. The number of rotatable bonds is 4. The van der Waals surface area contributed by atoms with E-state index in [1.54, 1.807) is 6.20 Å². The molecule has 1 aliphatic rings. The topological polar surface area (TPSA) is 59.8 Å². The Hall–Kier alpha value is -1.17. The number of aliphatic hydroxyl groups excluding tert-OH is 1. The van der Waals surface area contributed by atoms with Gasteiger partial charge in [-0.2, -0.15) is 0 Å². The molecule has 19 heavy (non-hydrogen) atoms. The Labute approximate surface area is 114 Å². The van der Waals surface area contributed by atoms with Gasteiger partial charge in [-0.3, -0.25) is 9.88 Å². The number of piperazine rings is 1. The lowest BCUT2D eigenvalue weighted by molar-refractivity contribution is 0.0345. The zero-order chi connectivity index (χ0) is 13.9. The lowest BCUT2D eigenvalue weighted by atomic mass is 10.1. The maximum Gasteiger partial charge on any atom is 0.0718 e. The summed E-state index contributed by atoms with van der Waals surface area (Å²) in [6.07, 6.45) is 3.52. The summed E-state index contributed by atoms with van der Waals surface area (Å²) < 4.78 is 0. The Morgan fingerprint density at radius 3 is 2.53 bits per heavy atom. The normalized spacial score (nSPS) is 17.8. The summed E-state index contributed by atoms with van der Waals surface area (Å²) in [6, 6.07) is 1.86. The molecule has 1 aromatic heterocycles. The zero-order valence-corrected chi connectivity index (χ0v) is 11.7. The minimum absolute atomic E-state index is 0.0434. The van der Waals surface area contributed by atoms with Gasteiger partial charge in [0.2, 0.25) is 0 Å². The Kier molecular flexibility index (Phi) is 4.39. The highest BCUT2D eigenvalue weighted by atomic mass is 16.3. The van der Waals surface area contributed by atoms with Crippen LogP contribution in [0.15, 0.2) is 18.5 Å². The number of anilines is 1. The van der Waals surface area contributed by atoms with E-state index in [0.717, 1.165) is 37.4 Å². The maximum atomic E-state index is 9.84. The molecule has 0 spiro atoms. The largest absolute Gasteiger partial charge is 0.392 e. The van der Waals surface area contributed by atoms with E-state index in [0.29, 0.717) is 6.54 Å². The molecule has 0 atom stereocenters. The lowest BCUT2D eigenvalue weighted by Gasteiger charge is -2.38. The van der Waals surface area contributed by atoms with Gasteiger partial charge in [0.25, 0.3) is 0 Å². The molecule has 1 aliphatic heterocycles. The first-order chi connectivity index (χ1) is 8.99. The van der Waals surface area contributed by atoms with Crippen LogP contribution in [0.3, 0.4) is 0 Å². The summed E-state index contributed by atoms with van der Waals surface area (Å²) in [4.78, 5) is 8.66. The van der Waals surface area contributed by atoms with Gasteiger partial charge in [-0.15, -0.1) is 0 Å². The number of pyridine rings is 1. The average molecular weight is 265 g/mol. The van der Waals surface area contributed by atoms with Crippen molar-refractivity contribution in [1.29, 1.82) is 0 Å². The molecule has 2 N–H and O–H groups in total. The Balaban J connectivity index is 1.96. The Morgan fingerprint density at radius 2 is 1.95 bits per heavy atom. The molecule has 106 valence electrons. The van der Waals surface area contributed by atoms with Crippen molar-refractivity contribution in [2.24, 2.45) is 0 Å². The molecule has 0 radical (unpaired) electrons. The van der Waals surface area contributed by atoms with Gasteiger partial charge < -0.3 is 15.1 Å². The van der Waals surface area contributed by atoms with Gasteiger partial charge in [0.05, 0.1) is 24.1 Å². The number of aromatic nitrogens is 1. The summed E-state index contributed by atoms with van der Waals surface area (Å²) >= 11 is 0. The third-order valence-corrected chi connectivity index (χ3v) is 3.38. The number of hydrogen-bond acceptors (Lipinski definition) is 5. The van der Waals surface area contributed by atoms with E-state index < -0.39 is 5.60 Å². The molecule has 2 rings (SSSR count). The van der Waals surface area contributed by atoms with Crippen molar-refractivity contribution in [3.05, 3.63) is 24.0 Å². The average Bonchev–Trinajstić information content (AvgIpc) is 2.38. The highest BCUT2D eigenvalue weighted by Crippen LogP contribution is 2.21. The quantitative estimate of drug-likeness (QED) is 0.828. The predicted molar refractivity (Wildman–Crippen MR) is 75.1 cm³/mol. The van der Waals surface area contributed by atoms with Gasteiger partial charge in [-0.25, -0.2) is 0 Å². The fourth-order valence-electron chi connectivity index (χ4n) is 2.53. The van der Waals surface area contributed by atoms with Crippen LogP contribution in [-0.4, -0.2) is 58.4 Å². The molecule has 5 nitrogen and oxygen atoms in total. The summed E-state index contributed by atoms with van der Waals surface area (Å²) in [6.45, 7) is 8.05. The summed E-state index contributed by atoms with van der Waals surface area (Å²) in [7, 11) is 0. The smallest absolute Gasteiger partial charge is 0.0718 e. The monoisotopic (exact) mass is 265 g/mol. The highest BCUT2D eigenvalue weighted by molar-refractivity contribution is 5.51. The van der Waals surface area contributed by atoms with Gasteiger partial charge in [0.1, 0.15) is 0 Å². The van der Waals surface area contributed by atoms with Crippen molar-refractivity contribution in [1.82, 2.24) is 9.88 Å². The van der Waals surface area contributed by atoms with Gasteiger partial charge in [-0.05, 0) is 19.9 Å².